The third-order valence-electron chi connectivity index (χ3n) is 4.51. The second-order valence-electron chi connectivity index (χ2n) is 6.46. The summed E-state index contributed by atoms with van der Waals surface area (Å²) in [7, 11) is 0. The minimum absolute atomic E-state index is 0.0108. The van der Waals surface area contributed by atoms with Crippen molar-refractivity contribution in [1.82, 2.24) is 0 Å². The van der Waals surface area contributed by atoms with Gasteiger partial charge in [-0.05, 0) is 19.1 Å². The van der Waals surface area contributed by atoms with Gasteiger partial charge in [0.05, 0.1) is 11.7 Å². The van der Waals surface area contributed by atoms with Gasteiger partial charge in [-0.15, -0.1) is 0 Å². The van der Waals surface area contributed by atoms with E-state index in [0.29, 0.717) is 5.56 Å². The minimum Gasteiger partial charge on any atom is -0.462 e. The van der Waals surface area contributed by atoms with Gasteiger partial charge in [0.2, 0.25) is 0 Å². The van der Waals surface area contributed by atoms with E-state index in [1.807, 2.05) is 19.9 Å². The smallest absolute Gasteiger partial charge is 0.338 e. The number of ketones is 1. The lowest BCUT2D eigenvalue weighted by atomic mass is 9.81. The molecule has 0 amide bonds. The lowest BCUT2D eigenvalue weighted by molar-refractivity contribution is -0.197. The van der Waals surface area contributed by atoms with Crippen LogP contribution in [-0.4, -0.2) is 42.6 Å². The van der Waals surface area contributed by atoms with Crippen LogP contribution in [0.1, 0.15) is 38.1 Å². The molecule has 0 spiro atoms. The normalized spacial score (nSPS) is 28.9. The zero-order valence-corrected chi connectivity index (χ0v) is 14.9. The van der Waals surface area contributed by atoms with E-state index < -0.39 is 30.3 Å². The number of carbonyl (C=O) groups excluding carboxylic acids is 3. The van der Waals surface area contributed by atoms with E-state index in [-0.39, 0.29) is 24.2 Å². The van der Waals surface area contributed by atoms with Crippen molar-refractivity contribution >= 4 is 17.7 Å². The van der Waals surface area contributed by atoms with Gasteiger partial charge >= 0.3 is 11.9 Å². The fourth-order valence-electron chi connectivity index (χ4n) is 3.18. The third-order valence-corrected chi connectivity index (χ3v) is 4.51. The molecule has 0 aromatic heterocycles. The van der Waals surface area contributed by atoms with Gasteiger partial charge in [0, 0.05) is 18.8 Å². The van der Waals surface area contributed by atoms with E-state index >= 15 is 0 Å². The monoisotopic (exact) mass is 348 g/mol. The van der Waals surface area contributed by atoms with Crippen LogP contribution in [0.25, 0.3) is 0 Å². The third kappa shape index (κ3) is 4.66. The van der Waals surface area contributed by atoms with Gasteiger partial charge in [-0.25, -0.2) is 4.79 Å². The summed E-state index contributed by atoms with van der Waals surface area (Å²) < 4.78 is 16.6. The molecule has 1 aliphatic rings. The van der Waals surface area contributed by atoms with E-state index in [4.69, 9.17) is 14.2 Å². The van der Waals surface area contributed by atoms with Crippen molar-refractivity contribution < 1.29 is 28.6 Å². The number of Topliss-reactive ketones (excluding diaryl/α,β-unsaturated/α-hetero) is 1. The lowest BCUT2D eigenvalue weighted by Crippen LogP contribution is -2.54. The fourth-order valence-corrected chi connectivity index (χ4v) is 3.18. The molecule has 1 aromatic carbocycles. The average molecular weight is 348 g/mol. The van der Waals surface area contributed by atoms with Gasteiger partial charge in [-0.3, -0.25) is 9.59 Å². The zero-order chi connectivity index (χ0) is 18.6. The zero-order valence-electron chi connectivity index (χ0n) is 14.9. The predicted molar refractivity (Wildman–Crippen MR) is 89.9 cm³/mol. The molecule has 0 radical (unpaired) electrons. The molecule has 25 heavy (non-hydrogen) atoms. The topological polar surface area (TPSA) is 78.9 Å². The molecule has 1 fully saturated rings. The maximum absolute atomic E-state index is 12.1. The molecule has 6 nitrogen and oxygen atoms in total. The summed E-state index contributed by atoms with van der Waals surface area (Å²) in [5.74, 6) is -1.49. The molecule has 1 saturated heterocycles. The first-order valence-corrected chi connectivity index (χ1v) is 8.36. The van der Waals surface area contributed by atoms with Crippen LogP contribution in [0.2, 0.25) is 0 Å². The molecule has 2 rings (SSSR count). The molecule has 0 saturated carbocycles. The van der Waals surface area contributed by atoms with E-state index in [0.717, 1.165) is 0 Å². The maximum atomic E-state index is 12.1. The molecular formula is C19H24O6. The summed E-state index contributed by atoms with van der Waals surface area (Å²) in [5, 5.41) is 0. The Morgan fingerprint density at radius 2 is 1.68 bits per heavy atom. The van der Waals surface area contributed by atoms with Gasteiger partial charge in [-0.1, -0.05) is 32.0 Å². The Balaban J connectivity index is 2.08. The number of carbonyl (C=O) groups is 3. The van der Waals surface area contributed by atoms with Gasteiger partial charge in [0.25, 0.3) is 0 Å². The average Bonchev–Trinajstić information content (AvgIpc) is 2.58. The standard InChI is InChI=1S/C19H24O6/c1-11-16(10-23-19(22)15-8-6-5-7-9-15)25-18(13(3)20)12(2)17(11)24-14(4)21/h5-9,11-12,16-18H,10H2,1-4H3/t11-,12+,16+,17-,18+/m0/s1. The first-order valence-electron chi connectivity index (χ1n) is 8.36. The van der Waals surface area contributed by atoms with Crippen LogP contribution in [0.15, 0.2) is 30.3 Å². The van der Waals surface area contributed by atoms with Crippen molar-refractivity contribution in [2.24, 2.45) is 11.8 Å². The van der Waals surface area contributed by atoms with E-state index in [1.54, 1.807) is 24.3 Å². The molecule has 0 N–H and O–H groups in total. The molecule has 0 unspecified atom stereocenters. The van der Waals surface area contributed by atoms with Gasteiger partial charge in [0.15, 0.2) is 5.78 Å². The second-order valence-corrected chi connectivity index (χ2v) is 6.46. The molecule has 1 aliphatic heterocycles. The van der Waals surface area contributed by atoms with E-state index in [9.17, 15) is 14.4 Å². The molecule has 136 valence electrons. The largest absolute Gasteiger partial charge is 0.462 e. The Morgan fingerprint density at radius 3 is 2.24 bits per heavy atom. The minimum atomic E-state index is -0.694. The van der Waals surface area contributed by atoms with E-state index in [1.165, 1.54) is 13.8 Å². The summed E-state index contributed by atoms with van der Waals surface area (Å²) in [6.45, 7) is 6.45. The van der Waals surface area contributed by atoms with Crippen LogP contribution in [0.4, 0.5) is 0 Å². The molecule has 0 bridgehead atoms. The van der Waals surface area contributed by atoms with E-state index in [2.05, 4.69) is 0 Å². The summed E-state index contributed by atoms with van der Waals surface area (Å²) in [6, 6.07) is 8.64. The Labute approximate surface area is 147 Å². The quantitative estimate of drug-likeness (QED) is 0.760. The molecular weight excluding hydrogens is 324 g/mol. The lowest BCUT2D eigenvalue weighted by Gasteiger charge is -2.43. The van der Waals surface area contributed by atoms with Crippen LogP contribution in [0.3, 0.4) is 0 Å². The van der Waals surface area contributed by atoms with Crippen molar-refractivity contribution in [3.63, 3.8) is 0 Å². The van der Waals surface area contributed by atoms with Gasteiger partial charge in [0.1, 0.15) is 18.8 Å². The van der Waals surface area contributed by atoms with Crippen molar-refractivity contribution in [2.45, 2.75) is 46.0 Å². The summed E-state index contributed by atoms with van der Waals surface area (Å²) in [5.41, 5.74) is 0.444. The number of esters is 2. The van der Waals surface area contributed by atoms with Crippen LogP contribution < -0.4 is 0 Å². The number of hydrogen-bond donors (Lipinski definition) is 0. The highest BCUT2D eigenvalue weighted by Crippen LogP contribution is 2.33. The summed E-state index contributed by atoms with van der Waals surface area (Å²) >= 11 is 0. The highest BCUT2D eigenvalue weighted by molar-refractivity contribution is 5.89. The van der Waals surface area contributed by atoms with Crippen LogP contribution in [0, 0.1) is 11.8 Å². The molecule has 6 heteroatoms. The van der Waals surface area contributed by atoms with Crippen LogP contribution >= 0.6 is 0 Å². The van der Waals surface area contributed by atoms with Gasteiger partial charge in [-0.2, -0.15) is 0 Å². The van der Waals surface area contributed by atoms with Crippen molar-refractivity contribution in [1.29, 1.82) is 0 Å². The molecule has 0 aliphatic carbocycles. The fraction of sp³-hybridized carbons (Fsp3) is 0.526. The second kappa shape index (κ2) is 8.25. The predicted octanol–water partition coefficient (Wildman–Crippen LogP) is 2.40. The number of rotatable bonds is 5. The maximum Gasteiger partial charge on any atom is 0.338 e. The Hall–Kier alpha value is -2.21. The summed E-state index contributed by atoms with van der Waals surface area (Å²) in [4.78, 5) is 35.4. The Kier molecular flexibility index (Phi) is 6.31. The number of benzene rings is 1. The highest BCUT2D eigenvalue weighted by atomic mass is 16.6. The van der Waals surface area contributed by atoms with Crippen molar-refractivity contribution in [2.75, 3.05) is 6.61 Å². The van der Waals surface area contributed by atoms with Crippen molar-refractivity contribution in [3.8, 4) is 0 Å². The number of hydrogen-bond acceptors (Lipinski definition) is 6. The van der Waals surface area contributed by atoms with Crippen LogP contribution in [-0.2, 0) is 23.8 Å². The highest BCUT2D eigenvalue weighted by Gasteiger charge is 2.45. The first kappa shape index (κ1) is 19.1. The van der Waals surface area contributed by atoms with Crippen LogP contribution in [0.5, 0.6) is 0 Å². The SMILES string of the molecule is CC(=O)O[C@H]1[C@@H](C)[C@@H](COC(=O)c2ccccc2)O[C@@H](C(C)=O)[C@@H]1C. The first-order chi connectivity index (χ1) is 11.8. The van der Waals surface area contributed by atoms with Crippen molar-refractivity contribution in [3.05, 3.63) is 35.9 Å². The summed E-state index contributed by atoms with van der Waals surface area (Å²) in [6.07, 6.45) is -1.69. The van der Waals surface area contributed by atoms with Gasteiger partial charge < -0.3 is 14.2 Å². The molecule has 1 aromatic rings. The molecule has 5 atom stereocenters. The Bertz CT molecular complexity index is 626. The Morgan fingerprint density at radius 1 is 1.04 bits per heavy atom. The molecule has 1 heterocycles. The number of ether oxygens (including phenoxy) is 3.